The number of non-ortho nitro benzene ring substituents is 1. The highest BCUT2D eigenvalue weighted by Gasteiger charge is 2.12. The summed E-state index contributed by atoms with van der Waals surface area (Å²) in [4.78, 5) is 22.3. The third-order valence-corrected chi connectivity index (χ3v) is 2.69. The van der Waals surface area contributed by atoms with Gasteiger partial charge < -0.3 is 5.73 Å². The van der Waals surface area contributed by atoms with Crippen molar-refractivity contribution in [1.29, 1.82) is 0 Å². The van der Waals surface area contributed by atoms with Crippen LogP contribution >= 0.6 is 0 Å². The molecule has 0 amide bonds. The predicted molar refractivity (Wildman–Crippen MR) is 67.7 cm³/mol. The van der Waals surface area contributed by atoms with Gasteiger partial charge in [0.1, 0.15) is 18.2 Å². The van der Waals surface area contributed by atoms with Crippen molar-refractivity contribution >= 4 is 22.7 Å². The maximum Gasteiger partial charge on any atom is 0.271 e. The summed E-state index contributed by atoms with van der Waals surface area (Å²) in [5, 5.41) is 10.8. The van der Waals surface area contributed by atoms with Gasteiger partial charge >= 0.3 is 0 Å². The number of benzene rings is 1. The van der Waals surface area contributed by atoms with Crippen molar-refractivity contribution in [2.24, 2.45) is 0 Å². The summed E-state index contributed by atoms with van der Waals surface area (Å²) in [5.41, 5.74) is 7.34. The van der Waals surface area contributed by atoms with E-state index in [0.717, 1.165) is 0 Å². The summed E-state index contributed by atoms with van der Waals surface area (Å²) in [6.45, 7) is 0. The Balaban J connectivity index is 2.25. The van der Waals surface area contributed by atoms with Gasteiger partial charge in [0.05, 0.1) is 10.6 Å². The van der Waals surface area contributed by atoms with Crippen LogP contribution in [-0.4, -0.2) is 24.4 Å². The summed E-state index contributed by atoms with van der Waals surface area (Å²) in [6.07, 6.45) is 2.83. The van der Waals surface area contributed by atoms with Gasteiger partial charge in [-0.1, -0.05) is 6.07 Å². The molecule has 19 heavy (non-hydrogen) atoms. The van der Waals surface area contributed by atoms with Gasteiger partial charge in [0.25, 0.3) is 5.69 Å². The maximum atomic E-state index is 10.8. The van der Waals surface area contributed by atoms with Crippen LogP contribution in [0.5, 0.6) is 0 Å². The molecule has 2 heterocycles. The van der Waals surface area contributed by atoms with Crippen LogP contribution in [0.15, 0.2) is 36.9 Å². The number of hydrogen-bond donors (Lipinski definition) is 1. The van der Waals surface area contributed by atoms with E-state index in [1.807, 2.05) is 0 Å². The van der Waals surface area contributed by atoms with Crippen molar-refractivity contribution in [3.63, 3.8) is 0 Å². The molecule has 0 bridgehead atoms. The molecule has 0 aliphatic carbocycles. The van der Waals surface area contributed by atoms with Gasteiger partial charge in [0.15, 0.2) is 11.5 Å². The average Bonchev–Trinajstić information content (AvgIpc) is 2.84. The quantitative estimate of drug-likeness (QED) is 0.546. The van der Waals surface area contributed by atoms with E-state index < -0.39 is 4.92 Å². The molecule has 2 N–H and O–H groups in total. The van der Waals surface area contributed by atoms with Crippen molar-refractivity contribution in [1.82, 2.24) is 19.5 Å². The van der Waals surface area contributed by atoms with E-state index in [-0.39, 0.29) is 11.5 Å². The summed E-state index contributed by atoms with van der Waals surface area (Å²) in [7, 11) is 0. The predicted octanol–water partition coefficient (Wildman–Crippen LogP) is 1.31. The van der Waals surface area contributed by atoms with Gasteiger partial charge in [-0.3, -0.25) is 14.7 Å². The second-order valence-electron chi connectivity index (χ2n) is 3.82. The van der Waals surface area contributed by atoms with E-state index in [4.69, 9.17) is 5.73 Å². The van der Waals surface area contributed by atoms with Crippen LogP contribution in [-0.2, 0) is 0 Å². The lowest BCUT2D eigenvalue weighted by atomic mass is 10.3. The van der Waals surface area contributed by atoms with Crippen molar-refractivity contribution in [2.45, 2.75) is 0 Å². The van der Waals surface area contributed by atoms with E-state index in [9.17, 15) is 10.1 Å². The third-order valence-electron chi connectivity index (χ3n) is 2.69. The molecule has 1 aromatic carbocycles. The first-order valence-corrected chi connectivity index (χ1v) is 5.35. The number of fused-ring (bicyclic) bond motifs is 1. The number of imidazole rings is 1. The van der Waals surface area contributed by atoms with Crippen LogP contribution in [0.2, 0.25) is 0 Å². The van der Waals surface area contributed by atoms with Crippen molar-refractivity contribution in [2.75, 3.05) is 5.73 Å². The van der Waals surface area contributed by atoms with Crippen LogP contribution in [0.25, 0.3) is 16.9 Å². The van der Waals surface area contributed by atoms with E-state index in [1.54, 1.807) is 16.7 Å². The number of nitrogens with zero attached hydrogens (tertiary/aromatic N) is 5. The van der Waals surface area contributed by atoms with Crippen LogP contribution in [0, 0.1) is 10.1 Å². The molecule has 0 spiro atoms. The SMILES string of the molecule is Nc1ncnc2ncn(-c3cccc([N+](=O)[O-])c3)c12. The van der Waals surface area contributed by atoms with Crippen molar-refractivity contribution in [3.8, 4) is 5.69 Å². The van der Waals surface area contributed by atoms with Gasteiger partial charge in [0, 0.05) is 12.1 Å². The fourth-order valence-corrected chi connectivity index (χ4v) is 1.83. The molecule has 0 atom stereocenters. The summed E-state index contributed by atoms with van der Waals surface area (Å²) in [6, 6.07) is 6.18. The Kier molecular flexibility index (Phi) is 2.34. The molecule has 0 radical (unpaired) electrons. The molecule has 0 saturated heterocycles. The molecular formula is C11H8N6O2. The average molecular weight is 256 g/mol. The number of nitrogen functional groups attached to an aromatic ring is 1. The number of anilines is 1. The maximum absolute atomic E-state index is 10.8. The number of aromatic nitrogens is 4. The standard InChI is InChI=1S/C11H8N6O2/c12-10-9-11(14-5-13-10)15-6-16(9)7-2-1-3-8(4-7)17(18)19/h1-6H,(H2,12,13,14). The molecule has 0 aliphatic heterocycles. The Morgan fingerprint density at radius 3 is 2.89 bits per heavy atom. The van der Waals surface area contributed by atoms with Crippen molar-refractivity contribution < 1.29 is 4.92 Å². The Hall–Kier alpha value is -3.03. The number of nitro groups is 1. The third kappa shape index (κ3) is 1.75. The van der Waals surface area contributed by atoms with Crippen LogP contribution < -0.4 is 5.73 Å². The molecular weight excluding hydrogens is 248 g/mol. The number of rotatable bonds is 2. The Labute approximate surface area is 106 Å². The zero-order valence-corrected chi connectivity index (χ0v) is 9.59. The second-order valence-corrected chi connectivity index (χ2v) is 3.82. The van der Waals surface area contributed by atoms with Crippen LogP contribution in [0.1, 0.15) is 0 Å². The number of hydrogen-bond acceptors (Lipinski definition) is 6. The zero-order valence-electron chi connectivity index (χ0n) is 9.59. The molecule has 3 rings (SSSR count). The molecule has 0 aliphatic rings. The van der Waals surface area contributed by atoms with Crippen LogP contribution in [0.4, 0.5) is 11.5 Å². The monoisotopic (exact) mass is 256 g/mol. The van der Waals surface area contributed by atoms with Gasteiger partial charge in [0.2, 0.25) is 0 Å². The number of nitro benzene ring substituents is 1. The lowest BCUT2D eigenvalue weighted by Gasteiger charge is -2.04. The highest BCUT2D eigenvalue weighted by atomic mass is 16.6. The molecule has 8 heteroatoms. The van der Waals surface area contributed by atoms with Gasteiger partial charge in [-0.15, -0.1) is 0 Å². The van der Waals surface area contributed by atoms with Crippen molar-refractivity contribution in [3.05, 3.63) is 47.0 Å². The Morgan fingerprint density at radius 1 is 1.26 bits per heavy atom. The molecule has 0 saturated carbocycles. The minimum absolute atomic E-state index is 0.00484. The van der Waals surface area contributed by atoms with E-state index in [1.165, 1.54) is 24.8 Å². The first-order chi connectivity index (χ1) is 9.16. The molecule has 8 nitrogen and oxygen atoms in total. The van der Waals surface area contributed by atoms with E-state index >= 15 is 0 Å². The van der Waals surface area contributed by atoms with Gasteiger partial charge in [-0.2, -0.15) is 0 Å². The normalized spacial score (nSPS) is 10.7. The minimum Gasteiger partial charge on any atom is -0.382 e. The van der Waals surface area contributed by atoms with E-state index in [2.05, 4.69) is 15.0 Å². The smallest absolute Gasteiger partial charge is 0.271 e. The zero-order chi connectivity index (χ0) is 13.4. The van der Waals surface area contributed by atoms with Gasteiger partial charge in [-0.25, -0.2) is 15.0 Å². The summed E-state index contributed by atoms with van der Waals surface area (Å²) >= 11 is 0. The highest BCUT2D eigenvalue weighted by Crippen LogP contribution is 2.22. The Morgan fingerprint density at radius 2 is 2.11 bits per heavy atom. The topological polar surface area (TPSA) is 113 Å². The largest absolute Gasteiger partial charge is 0.382 e. The molecule has 94 valence electrons. The van der Waals surface area contributed by atoms with Crippen LogP contribution in [0.3, 0.4) is 0 Å². The first-order valence-electron chi connectivity index (χ1n) is 5.35. The molecule has 0 unspecified atom stereocenters. The molecule has 0 fully saturated rings. The Bertz CT molecular complexity index is 782. The molecule has 2 aromatic heterocycles. The molecule has 3 aromatic rings. The lowest BCUT2D eigenvalue weighted by Crippen LogP contribution is -1.99. The number of nitrogens with two attached hydrogens (primary N) is 1. The minimum atomic E-state index is -0.456. The van der Waals surface area contributed by atoms with Gasteiger partial charge in [-0.05, 0) is 6.07 Å². The fraction of sp³-hybridized carbons (Fsp3) is 0. The summed E-state index contributed by atoms with van der Waals surface area (Å²) in [5.74, 6) is 0.272. The highest BCUT2D eigenvalue weighted by molar-refractivity contribution is 5.83. The van der Waals surface area contributed by atoms with E-state index in [0.29, 0.717) is 16.9 Å². The lowest BCUT2D eigenvalue weighted by molar-refractivity contribution is -0.384. The first kappa shape index (κ1) is 11.1. The summed E-state index contributed by atoms with van der Waals surface area (Å²) < 4.78 is 1.62. The fourth-order valence-electron chi connectivity index (χ4n) is 1.83. The second kappa shape index (κ2) is 4.02.